The van der Waals surface area contributed by atoms with Gasteiger partial charge in [0.2, 0.25) is 0 Å². The van der Waals surface area contributed by atoms with E-state index in [4.69, 9.17) is 0 Å². The zero-order valence-corrected chi connectivity index (χ0v) is 12.4. The average Bonchev–Trinajstić information content (AvgIpc) is 2.71. The second-order valence-electron chi connectivity index (χ2n) is 5.89. The van der Waals surface area contributed by atoms with E-state index in [2.05, 4.69) is 29.6 Å². The Morgan fingerprint density at radius 3 is 2.65 bits per heavy atom. The summed E-state index contributed by atoms with van der Waals surface area (Å²) in [4.78, 5) is 0. The number of rotatable bonds is 3. The minimum absolute atomic E-state index is 0.241. The SMILES string of the molecule is CC1(NCc2cccc3ccccc23)CCS(=O)(=O)C1. The van der Waals surface area contributed by atoms with Crippen molar-refractivity contribution in [3.8, 4) is 0 Å². The summed E-state index contributed by atoms with van der Waals surface area (Å²) in [6.45, 7) is 2.70. The molecule has 1 heterocycles. The van der Waals surface area contributed by atoms with Gasteiger partial charge in [0.05, 0.1) is 11.5 Å². The largest absolute Gasteiger partial charge is 0.306 e. The van der Waals surface area contributed by atoms with Crippen LogP contribution in [-0.2, 0) is 16.4 Å². The molecule has 0 radical (unpaired) electrons. The highest BCUT2D eigenvalue weighted by Gasteiger charge is 2.37. The number of benzene rings is 2. The summed E-state index contributed by atoms with van der Waals surface area (Å²) < 4.78 is 23.3. The Kier molecular flexibility index (Phi) is 3.30. The fraction of sp³-hybridized carbons (Fsp3) is 0.375. The third-order valence-corrected chi connectivity index (χ3v) is 5.99. The molecule has 106 valence electrons. The molecular formula is C16H19NO2S. The number of nitrogens with one attached hydrogen (secondary N) is 1. The number of hydrogen-bond acceptors (Lipinski definition) is 3. The van der Waals surface area contributed by atoms with E-state index in [1.807, 2.05) is 25.1 Å². The van der Waals surface area contributed by atoms with Crippen LogP contribution in [0.3, 0.4) is 0 Å². The topological polar surface area (TPSA) is 46.2 Å². The van der Waals surface area contributed by atoms with Gasteiger partial charge in [0, 0.05) is 12.1 Å². The monoisotopic (exact) mass is 289 g/mol. The predicted molar refractivity (Wildman–Crippen MR) is 82.5 cm³/mol. The Hall–Kier alpha value is -1.39. The first-order valence-corrected chi connectivity index (χ1v) is 8.72. The van der Waals surface area contributed by atoms with Crippen LogP contribution < -0.4 is 5.32 Å². The molecule has 1 N–H and O–H groups in total. The van der Waals surface area contributed by atoms with E-state index in [1.54, 1.807) is 0 Å². The molecular weight excluding hydrogens is 270 g/mol. The van der Waals surface area contributed by atoms with Crippen molar-refractivity contribution in [3.63, 3.8) is 0 Å². The molecule has 2 aromatic rings. The molecule has 1 aliphatic heterocycles. The summed E-state index contributed by atoms with van der Waals surface area (Å²) in [5.74, 6) is 0.538. The Morgan fingerprint density at radius 1 is 1.15 bits per heavy atom. The van der Waals surface area contributed by atoms with E-state index >= 15 is 0 Å². The summed E-state index contributed by atoms with van der Waals surface area (Å²) in [7, 11) is -2.86. The van der Waals surface area contributed by atoms with E-state index in [0.29, 0.717) is 18.7 Å². The third-order valence-electron chi connectivity index (χ3n) is 4.09. The van der Waals surface area contributed by atoms with Gasteiger partial charge in [-0.1, -0.05) is 42.5 Å². The summed E-state index contributed by atoms with van der Waals surface area (Å²) in [5.41, 5.74) is 0.920. The zero-order chi connectivity index (χ0) is 14.2. The Morgan fingerprint density at radius 2 is 1.90 bits per heavy atom. The second kappa shape index (κ2) is 4.86. The first-order chi connectivity index (χ1) is 9.48. The molecule has 1 fully saturated rings. The van der Waals surface area contributed by atoms with Crippen LogP contribution in [0.15, 0.2) is 42.5 Å². The highest BCUT2D eigenvalue weighted by molar-refractivity contribution is 7.91. The van der Waals surface area contributed by atoms with Crippen molar-refractivity contribution in [1.82, 2.24) is 5.32 Å². The summed E-state index contributed by atoms with van der Waals surface area (Å²) >= 11 is 0. The lowest BCUT2D eigenvalue weighted by Gasteiger charge is -2.24. The van der Waals surface area contributed by atoms with E-state index in [0.717, 1.165) is 0 Å². The van der Waals surface area contributed by atoms with Gasteiger partial charge in [0.1, 0.15) is 0 Å². The first-order valence-electron chi connectivity index (χ1n) is 6.90. The van der Waals surface area contributed by atoms with Gasteiger partial charge in [-0.25, -0.2) is 8.42 Å². The van der Waals surface area contributed by atoms with Gasteiger partial charge >= 0.3 is 0 Å². The predicted octanol–water partition coefficient (Wildman–Crippen LogP) is 2.51. The highest BCUT2D eigenvalue weighted by atomic mass is 32.2. The standard InChI is InChI=1S/C16H19NO2S/c1-16(9-10-20(18,19)12-16)17-11-14-7-4-6-13-5-2-3-8-15(13)14/h2-8,17H,9-12H2,1H3. The lowest BCUT2D eigenvalue weighted by molar-refractivity contribution is 0.396. The van der Waals surface area contributed by atoms with Gasteiger partial charge < -0.3 is 5.32 Å². The van der Waals surface area contributed by atoms with Crippen LogP contribution in [0.5, 0.6) is 0 Å². The Bertz CT molecular complexity index is 734. The van der Waals surface area contributed by atoms with Crippen molar-refractivity contribution in [2.45, 2.75) is 25.4 Å². The van der Waals surface area contributed by atoms with Crippen LogP contribution in [0, 0.1) is 0 Å². The molecule has 0 bridgehead atoms. The fourth-order valence-corrected chi connectivity index (χ4v) is 5.03. The minimum Gasteiger partial charge on any atom is -0.306 e. The van der Waals surface area contributed by atoms with Crippen LogP contribution in [-0.4, -0.2) is 25.5 Å². The van der Waals surface area contributed by atoms with Crippen molar-refractivity contribution in [1.29, 1.82) is 0 Å². The molecule has 0 spiro atoms. The van der Waals surface area contributed by atoms with Crippen molar-refractivity contribution in [3.05, 3.63) is 48.0 Å². The Labute approximate surface area is 119 Å². The van der Waals surface area contributed by atoms with Gasteiger partial charge in [-0.15, -0.1) is 0 Å². The maximum atomic E-state index is 11.6. The number of fused-ring (bicyclic) bond motifs is 1. The molecule has 1 atom stereocenters. The number of sulfone groups is 1. The highest BCUT2D eigenvalue weighted by Crippen LogP contribution is 2.24. The first kappa shape index (κ1) is 13.6. The lowest BCUT2D eigenvalue weighted by Crippen LogP contribution is -2.42. The molecule has 0 saturated carbocycles. The van der Waals surface area contributed by atoms with Gasteiger partial charge in [0.25, 0.3) is 0 Å². The molecule has 1 aliphatic rings. The van der Waals surface area contributed by atoms with Crippen molar-refractivity contribution < 1.29 is 8.42 Å². The fourth-order valence-electron chi connectivity index (χ4n) is 2.91. The van der Waals surface area contributed by atoms with E-state index in [9.17, 15) is 8.42 Å². The molecule has 1 saturated heterocycles. The van der Waals surface area contributed by atoms with Gasteiger partial charge in [-0.05, 0) is 29.7 Å². The quantitative estimate of drug-likeness (QED) is 0.944. The van der Waals surface area contributed by atoms with E-state index in [-0.39, 0.29) is 11.3 Å². The van der Waals surface area contributed by atoms with Crippen LogP contribution >= 0.6 is 0 Å². The summed E-state index contributed by atoms with van der Waals surface area (Å²) in [5, 5.41) is 5.89. The van der Waals surface area contributed by atoms with Gasteiger partial charge in [0.15, 0.2) is 9.84 Å². The maximum absolute atomic E-state index is 11.6. The molecule has 2 aromatic carbocycles. The van der Waals surface area contributed by atoms with Crippen LogP contribution in [0.25, 0.3) is 10.8 Å². The van der Waals surface area contributed by atoms with Crippen molar-refractivity contribution in [2.24, 2.45) is 0 Å². The van der Waals surface area contributed by atoms with Crippen LogP contribution in [0.4, 0.5) is 0 Å². The Balaban J connectivity index is 1.81. The second-order valence-corrected chi connectivity index (χ2v) is 8.08. The summed E-state index contributed by atoms with van der Waals surface area (Å²) in [6, 6.07) is 14.5. The molecule has 0 aromatic heterocycles. The molecule has 3 rings (SSSR count). The van der Waals surface area contributed by atoms with Crippen LogP contribution in [0.1, 0.15) is 18.9 Å². The summed E-state index contributed by atoms with van der Waals surface area (Å²) in [6.07, 6.45) is 0.695. The molecule has 3 nitrogen and oxygen atoms in total. The lowest BCUT2D eigenvalue weighted by atomic mass is 10.00. The van der Waals surface area contributed by atoms with E-state index < -0.39 is 9.84 Å². The molecule has 20 heavy (non-hydrogen) atoms. The minimum atomic E-state index is -2.86. The molecule has 1 unspecified atom stereocenters. The van der Waals surface area contributed by atoms with Crippen LogP contribution in [0.2, 0.25) is 0 Å². The van der Waals surface area contributed by atoms with Gasteiger partial charge in [-0.2, -0.15) is 0 Å². The maximum Gasteiger partial charge on any atom is 0.152 e. The van der Waals surface area contributed by atoms with Crippen molar-refractivity contribution >= 4 is 20.6 Å². The van der Waals surface area contributed by atoms with Crippen molar-refractivity contribution in [2.75, 3.05) is 11.5 Å². The zero-order valence-electron chi connectivity index (χ0n) is 11.6. The van der Waals surface area contributed by atoms with Gasteiger partial charge in [-0.3, -0.25) is 0 Å². The molecule has 4 heteroatoms. The normalized spacial score (nSPS) is 25.1. The third kappa shape index (κ3) is 2.72. The number of hydrogen-bond donors (Lipinski definition) is 1. The molecule has 0 amide bonds. The molecule has 0 aliphatic carbocycles. The average molecular weight is 289 g/mol. The smallest absolute Gasteiger partial charge is 0.152 e. The van der Waals surface area contributed by atoms with E-state index in [1.165, 1.54) is 16.3 Å².